The molecular formula is C14H23N3O2S. The van der Waals surface area contributed by atoms with Crippen molar-refractivity contribution < 1.29 is 9.26 Å². The van der Waals surface area contributed by atoms with Gasteiger partial charge in [-0.15, -0.1) is 0 Å². The number of nitrogens with two attached hydrogens (primary N) is 1. The molecule has 112 valence electrons. The highest BCUT2D eigenvalue weighted by Crippen LogP contribution is 2.38. The van der Waals surface area contributed by atoms with Crippen molar-refractivity contribution in [1.82, 2.24) is 10.1 Å². The molecule has 3 rings (SSSR count). The number of rotatable bonds is 3. The van der Waals surface area contributed by atoms with E-state index in [0.717, 1.165) is 49.7 Å². The molecule has 0 radical (unpaired) electrons. The van der Waals surface area contributed by atoms with E-state index in [1.807, 2.05) is 11.8 Å². The molecule has 0 bridgehead atoms. The van der Waals surface area contributed by atoms with Gasteiger partial charge in [-0.2, -0.15) is 16.7 Å². The van der Waals surface area contributed by atoms with Crippen LogP contribution >= 0.6 is 11.8 Å². The third kappa shape index (κ3) is 2.87. The number of aromatic nitrogens is 2. The molecule has 2 N–H and O–H groups in total. The Morgan fingerprint density at radius 2 is 2.20 bits per heavy atom. The van der Waals surface area contributed by atoms with Gasteiger partial charge < -0.3 is 15.0 Å². The maximum atomic E-state index is 6.50. The van der Waals surface area contributed by atoms with E-state index in [9.17, 15) is 0 Å². The molecule has 2 fully saturated rings. The Hall–Kier alpha value is -0.590. The van der Waals surface area contributed by atoms with Crippen molar-refractivity contribution in [2.24, 2.45) is 11.7 Å². The topological polar surface area (TPSA) is 74.2 Å². The SMILES string of the molecule is CCC1CCC(N)(c2nc(C3CSCCO3)no2)CC1. The minimum atomic E-state index is -0.432. The van der Waals surface area contributed by atoms with Gasteiger partial charge in [0.05, 0.1) is 12.1 Å². The quantitative estimate of drug-likeness (QED) is 0.924. The van der Waals surface area contributed by atoms with Crippen LogP contribution < -0.4 is 5.73 Å². The first-order chi connectivity index (χ1) is 9.71. The molecule has 2 aliphatic rings. The van der Waals surface area contributed by atoms with Crippen LogP contribution in [0.3, 0.4) is 0 Å². The lowest BCUT2D eigenvalue weighted by Gasteiger charge is -2.33. The Labute approximate surface area is 124 Å². The van der Waals surface area contributed by atoms with E-state index in [1.54, 1.807) is 0 Å². The Morgan fingerprint density at radius 3 is 2.85 bits per heavy atom. The number of hydrogen-bond donors (Lipinski definition) is 1. The van der Waals surface area contributed by atoms with Gasteiger partial charge in [0.15, 0.2) is 0 Å². The lowest BCUT2D eigenvalue weighted by atomic mass is 9.76. The molecule has 6 heteroatoms. The number of hydrogen-bond acceptors (Lipinski definition) is 6. The minimum absolute atomic E-state index is 0.0400. The summed E-state index contributed by atoms with van der Waals surface area (Å²) >= 11 is 1.87. The Balaban J connectivity index is 1.69. The van der Waals surface area contributed by atoms with E-state index in [4.69, 9.17) is 15.0 Å². The number of ether oxygens (including phenoxy) is 1. The lowest BCUT2D eigenvalue weighted by molar-refractivity contribution is 0.0677. The van der Waals surface area contributed by atoms with Gasteiger partial charge in [0.25, 0.3) is 0 Å². The van der Waals surface area contributed by atoms with E-state index in [-0.39, 0.29) is 6.10 Å². The van der Waals surface area contributed by atoms with Crippen LogP contribution in [0.2, 0.25) is 0 Å². The van der Waals surface area contributed by atoms with Crippen LogP contribution in [-0.2, 0) is 10.3 Å². The minimum Gasteiger partial charge on any atom is -0.368 e. The second-order valence-corrected chi connectivity index (χ2v) is 7.05. The van der Waals surface area contributed by atoms with Crippen molar-refractivity contribution >= 4 is 11.8 Å². The van der Waals surface area contributed by atoms with Gasteiger partial charge in [-0.25, -0.2) is 0 Å². The monoisotopic (exact) mass is 297 g/mol. The second-order valence-electron chi connectivity index (χ2n) is 5.90. The van der Waals surface area contributed by atoms with Crippen molar-refractivity contribution in [2.75, 3.05) is 18.1 Å². The van der Waals surface area contributed by atoms with E-state index in [0.29, 0.717) is 11.7 Å². The highest BCUT2D eigenvalue weighted by Gasteiger charge is 2.38. The normalized spacial score (nSPS) is 35.1. The fraction of sp³-hybridized carbons (Fsp3) is 0.857. The van der Waals surface area contributed by atoms with Gasteiger partial charge in [0, 0.05) is 11.5 Å². The van der Waals surface area contributed by atoms with Gasteiger partial charge in [0.1, 0.15) is 6.10 Å². The van der Waals surface area contributed by atoms with Crippen molar-refractivity contribution in [2.45, 2.75) is 50.7 Å². The van der Waals surface area contributed by atoms with Crippen LogP contribution in [0.25, 0.3) is 0 Å². The molecule has 0 spiro atoms. The van der Waals surface area contributed by atoms with Gasteiger partial charge in [-0.05, 0) is 31.6 Å². The van der Waals surface area contributed by atoms with Crippen LogP contribution in [0.4, 0.5) is 0 Å². The van der Waals surface area contributed by atoms with E-state index in [2.05, 4.69) is 17.1 Å². The highest BCUT2D eigenvalue weighted by atomic mass is 32.2. The summed E-state index contributed by atoms with van der Waals surface area (Å²) in [7, 11) is 0. The van der Waals surface area contributed by atoms with Crippen molar-refractivity contribution in [1.29, 1.82) is 0 Å². The molecule has 0 aromatic carbocycles. The number of thioether (sulfide) groups is 1. The molecule has 1 unspecified atom stereocenters. The highest BCUT2D eigenvalue weighted by molar-refractivity contribution is 7.99. The van der Waals surface area contributed by atoms with Crippen LogP contribution in [0.5, 0.6) is 0 Å². The fourth-order valence-corrected chi connectivity index (χ4v) is 3.86. The predicted octanol–water partition coefficient (Wildman–Crippen LogP) is 2.63. The summed E-state index contributed by atoms with van der Waals surface area (Å²) in [5, 5.41) is 4.10. The average molecular weight is 297 g/mol. The third-order valence-corrected chi connectivity index (χ3v) is 5.54. The van der Waals surface area contributed by atoms with Gasteiger partial charge in [0.2, 0.25) is 11.7 Å². The summed E-state index contributed by atoms with van der Waals surface area (Å²) in [5.74, 6) is 4.00. The first-order valence-corrected chi connectivity index (χ1v) is 8.69. The number of nitrogens with zero attached hydrogens (tertiary/aromatic N) is 2. The van der Waals surface area contributed by atoms with Gasteiger partial charge in [-0.1, -0.05) is 18.5 Å². The summed E-state index contributed by atoms with van der Waals surface area (Å²) < 4.78 is 11.1. The molecule has 1 aliphatic heterocycles. The standard InChI is InChI=1S/C14H23N3O2S/c1-2-10-3-5-14(15,6-4-10)13-16-12(17-19-13)11-9-20-8-7-18-11/h10-11H,2-9,15H2,1H3. The van der Waals surface area contributed by atoms with Crippen molar-refractivity contribution in [3.8, 4) is 0 Å². The smallest absolute Gasteiger partial charge is 0.246 e. The molecule has 2 heterocycles. The zero-order valence-electron chi connectivity index (χ0n) is 12.0. The molecular weight excluding hydrogens is 274 g/mol. The predicted molar refractivity (Wildman–Crippen MR) is 78.4 cm³/mol. The summed E-state index contributed by atoms with van der Waals surface area (Å²) in [4.78, 5) is 4.54. The average Bonchev–Trinajstić information content (AvgIpc) is 3.00. The molecule has 1 saturated heterocycles. The molecule has 1 aromatic heterocycles. The van der Waals surface area contributed by atoms with Crippen LogP contribution in [0.15, 0.2) is 4.52 Å². The molecule has 1 saturated carbocycles. The fourth-order valence-electron chi connectivity index (χ4n) is 3.02. The maximum absolute atomic E-state index is 6.50. The molecule has 5 nitrogen and oxygen atoms in total. The van der Waals surface area contributed by atoms with Crippen molar-refractivity contribution in [3.05, 3.63) is 11.7 Å². The Kier molecular flexibility index (Phi) is 4.33. The summed E-state index contributed by atoms with van der Waals surface area (Å²) in [6, 6.07) is 0. The summed E-state index contributed by atoms with van der Waals surface area (Å²) in [6.07, 6.45) is 5.38. The zero-order valence-corrected chi connectivity index (χ0v) is 12.8. The molecule has 1 aromatic rings. The molecule has 0 amide bonds. The van der Waals surface area contributed by atoms with Crippen molar-refractivity contribution in [3.63, 3.8) is 0 Å². The second kappa shape index (κ2) is 6.03. The summed E-state index contributed by atoms with van der Waals surface area (Å²) in [6.45, 7) is 3.00. The maximum Gasteiger partial charge on any atom is 0.246 e. The van der Waals surface area contributed by atoms with Gasteiger partial charge in [-0.3, -0.25) is 0 Å². The van der Waals surface area contributed by atoms with E-state index in [1.165, 1.54) is 6.42 Å². The Morgan fingerprint density at radius 1 is 1.40 bits per heavy atom. The summed E-state index contributed by atoms with van der Waals surface area (Å²) in [5.41, 5.74) is 6.07. The van der Waals surface area contributed by atoms with Crippen LogP contribution in [-0.4, -0.2) is 28.3 Å². The zero-order chi connectivity index (χ0) is 14.0. The molecule has 1 aliphatic carbocycles. The van der Waals surface area contributed by atoms with Crippen LogP contribution in [0, 0.1) is 5.92 Å². The van der Waals surface area contributed by atoms with E-state index >= 15 is 0 Å². The van der Waals surface area contributed by atoms with Crippen LogP contribution in [0.1, 0.15) is 56.8 Å². The Bertz CT molecular complexity index is 437. The first-order valence-electron chi connectivity index (χ1n) is 7.53. The molecule has 1 atom stereocenters. The van der Waals surface area contributed by atoms with E-state index < -0.39 is 5.54 Å². The molecule has 20 heavy (non-hydrogen) atoms. The lowest BCUT2D eigenvalue weighted by Crippen LogP contribution is -2.40. The van der Waals surface area contributed by atoms with Gasteiger partial charge >= 0.3 is 0 Å². The third-order valence-electron chi connectivity index (χ3n) is 4.55. The first kappa shape index (κ1) is 14.4. The largest absolute Gasteiger partial charge is 0.368 e.